The van der Waals surface area contributed by atoms with Crippen molar-refractivity contribution in [2.45, 2.75) is 26.2 Å². The van der Waals surface area contributed by atoms with Crippen molar-refractivity contribution < 1.29 is 14.7 Å². The first-order valence-electron chi connectivity index (χ1n) is 6.82. The van der Waals surface area contributed by atoms with Crippen molar-refractivity contribution in [2.75, 3.05) is 18.4 Å². The predicted octanol–water partition coefficient (Wildman–Crippen LogP) is 1.31. The van der Waals surface area contributed by atoms with Crippen LogP contribution in [-0.2, 0) is 18.3 Å². The molecule has 1 fully saturated rings. The van der Waals surface area contributed by atoms with E-state index in [4.69, 9.17) is 5.11 Å². The van der Waals surface area contributed by atoms with E-state index >= 15 is 0 Å². The molecule has 2 rings (SSSR count). The number of aliphatic carboxylic acids is 1. The van der Waals surface area contributed by atoms with Crippen LogP contribution in [0.25, 0.3) is 0 Å². The molecular formula is C13H20N4O3. The number of hydrogen-bond donors (Lipinski definition) is 2. The molecule has 1 aliphatic heterocycles. The minimum atomic E-state index is -0.773. The first kappa shape index (κ1) is 14.4. The quantitative estimate of drug-likeness (QED) is 0.874. The van der Waals surface area contributed by atoms with Gasteiger partial charge in [-0.05, 0) is 19.3 Å². The average molecular weight is 280 g/mol. The number of piperidine rings is 1. The molecular weight excluding hydrogens is 260 g/mol. The van der Waals surface area contributed by atoms with Gasteiger partial charge in [-0.2, -0.15) is 5.10 Å². The van der Waals surface area contributed by atoms with Crippen molar-refractivity contribution >= 4 is 17.7 Å². The highest BCUT2D eigenvalue weighted by molar-refractivity contribution is 5.90. The molecule has 1 aromatic heterocycles. The van der Waals surface area contributed by atoms with Crippen molar-refractivity contribution in [3.05, 3.63) is 11.9 Å². The molecule has 7 nitrogen and oxygen atoms in total. The van der Waals surface area contributed by atoms with Crippen LogP contribution in [-0.4, -0.2) is 44.9 Å². The molecule has 20 heavy (non-hydrogen) atoms. The Morgan fingerprint density at radius 2 is 2.10 bits per heavy atom. The number of carboxylic acid groups (broad SMARTS) is 1. The van der Waals surface area contributed by atoms with Gasteiger partial charge in [0.1, 0.15) is 0 Å². The summed E-state index contributed by atoms with van der Waals surface area (Å²) in [4.78, 5) is 24.7. The van der Waals surface area contributed by atoms with Gasteiger partial charge >= 0.3 is 12.0 Å². The summed E-state index contributed by atoms with van der Waals surface area (Å²) in [6.07, 6.45) is 3.55. The Balaban J connectivity index is 1.94. The number of likely N-dealkylation sites (tertiary alicyclic amines) is 1. The molecule has 0 aliphatic carbocycles. The van der Waals surface area contributed by atoms with Crippen LogP contribution in [0.2, 0.25) is 0 Å². The van der Waals surface area contributed by atoms with Gasteiger partial charge in [-0.25, -0.2) is 4.79 Å². The Morgan fingerprint density at radius 3 is 2.65 bits per heavy atom. The van der Waals surface area contributed by atoms with Crippen molar-refractivity contribution in [3.8, 4) is 0 Å². The van der Waals surface area contributed by atoms with Gasteiger partial charge in [-0.15, -0.1) is 0 Å². The van der Waals surface area contributed by atoms with Gasteiger partial charge in [0, 0.05) is 26.3 Å². The minimum absolute atomic E-state index is 0.184. The van der Waals surface area contributed by atoms with Crippen molar-refractivity contribution in [2.24, 2.45) is 13.0 Å². The lowest BCUT2D eigenvalue weighted by Gasteiger charge is -2.30. The number of amides is 2. The van der Waals surface area contributed by atoms with Crippen LogP contribution in [0.5, 0.6) is 0 Å². The highest BCUT2D eigenvalue weighted by Crippen LogP contribution is 2.19. The molecule has 0 unspecified atom stereocenters. The van der Waals surface area contributed by atoms with Crippen LogP contribution < -0.4 is 5.32 Å². The molecule has 0 atom stereocenters. The lowest BCUT2D eigenvalue weighted by molar-refractivity contribution is -0.143. The van der Waals surface area contributed by atoms with Crippen molar-refractivity contribution in [1.82, 2.24) is 14.7 Å². The Bertz CT molecular complexity index is 504. The number of nitrogens with zero attached hydrogens (tertiary/aromatic N) is 3. The zero-order valence-electron chi connectivity index (χ0n) is 11.8. The molecule has 0 spiro atoms. The highest BCUT2D eigenvalue weighted by Gasteiger charge is 2.27. The summed E-state index contributed by atoms with van der Waals surface area (Å²) in [6.45, 7) is 2.94. The summed E-state index contributed by atoms with van der Waals surface area (Å²) in [5.41, 5.74) is 1.57. The first-order chi connectivity index (χ1) is 9.51. The van der Waals surface area contributed by atoms with E-state index in [2.05, 4.69) is 10.4 Å². The van der Waals surface area contributed by atoms with Crippen molar-refractivity contribution in [1.29, 1.82) is 0 Å². The third kappa shape index (κ3) is 3.09. The molecule has 1 aliphatic rings. The summed E-state index contributed by atoms with van der Waals surface area (Å²) < 4.78 is 1.67. The lowest BCUT2D eigenvalue weighted by Crippen LogP contribution is -2.42. The molecule has 2 heterocycles. The van der Waals surface area contributed by atoms with E-state index in [1.165, 1.54) is 0 Å². The van der Waals surface area contributed by atoms with Gasteiger partial charge in [-0.1, -0.05) is 6.92 Å². The molecule has 110 valence electrons. The first-order valence-corrected chi connectivity index (χ1v) is 6.82. The molecule has 7 heteroatoms. The zero-order chi connectivity index (χ0) is 14.7. The van der Waals surface area contributed by atoms with Gasteiger partial charge in [0.2, 0.25) is 0 Å². The fourth-order valence-electron chi connectivity index (χ4n) is 2.42. The average Bonchev–Trinajstić information content (AvgIpc) is 2.78. The van der Waals surface area contributed by atoms with Crippen LogP contribution in [0.1, 0.15) is 25.5 Å². The molecule has 0 radical (unpaired) electrons. The molecule has 0 saturated carbocycles. The number of rotatable bonds is 3. The van der Waals surface area contributed by atoms with E-state index in [0.717, 1.165) is 17.8 Å². The molecule has 0 bridgehead atoms. The standard InChI is InChI=1S/C13H20N4O3/c1-3-10-11(8-16(2)15-10)14-13(20)17-6-4-9(5-7-17)12(18)19/h8-9H,3-7H2,1-2H3,(H,14,20)(H,18,19). The third-order valence-electron chi connectivity index (χ3n) is 3.61. The van der Waals surface area contributed by atoms with E-state index in [9.17, 15) is 9.59 Å². The van der Waals surface area contributed by atoms with Gasteiger partial charge in [-0.3, -0.25) is 9.48 Å². The predicted molar refractivity (Wildman–Crippen MR) is 73.5 cm³/mol. The number of carbonyl (C=O) groups excluding carboxylic acids is 1. The van der Waals surface area contributed by atoms with Gasteiger partial charge in [0.15, 0.2) is 0 Å². The van der Waals surface area contributed by atoms with E-state index in [0.29, 0.717) is 25.9 Å². The number of nitrogens with one attached hydrogen (secondary N) is 1. The van der Waals surface area contributed by atoms with Crippen LogP contribution >= 0.6 is 0 Å². The smallest absolute Gasteiger partial charge is 0.321 e. The molecule has 1 aromatic rings. The molecule has 0 aromatic carbocycles. The Hall–Kier alpha value is -2.05. The van der Waals surface area contributed by atoms with E-state index in [-0.39, 0.29) is 11.9 Å². The number of aromatic nitrogens is 2. The number of urea groups is 1. The topological polar surface area (TPSA) is 87.5 Å². The minimum Gasteiger partial charge on any atom is -0.481 e. The SMILES string of the molecule is CCc1nn(C)cc1NC(=O)N1CCC(C(=O)O)CC1. The summed E-state index contributed by atoms with van der Waals surface area (Å²) >= 11 is 0. The summed E-state index contributed by atoms with van der Waals surface area (Å²) in [7, 11) is 1.81. The second kappa shape index (κ2) is 5.94. The maximum absolute atomic E-state index is 12.2. The monoisotopic (exact) mass is 280 g/mol. The zero-order valence-corrected chi connectivity index (χ0v) is 11.8. The van der Waals surface area contributed by atoms with Crippen LogP contribution in [0, 0.1) is 5.92 Å². The normalized spacial score (nSPS) is 16.2. The van der Waals surface area contributed by atoms with E-state index < -0.39 is 5.97 Å². The highest BCUT2D eigenvalue weighted by atomic mass is 16.4. The maximum Gasteiger partial charge on any atom is 0.321 e. The second-order valence-corrected chi connectivity index (χ2v) is 5.05. The molecule has 1 saturated heterocycles. The fraction of sp³-hybridized carbons (Fsp3) is 0.615. The van der Waals surface area contributed by atoms with Crippen LogP contribution in [0.4, 0.5) is 10.5 Å². The second-order valence-electron chi connectivity index (χ2n) is 5.05. The number of anilines is 1. The third-order valence-corrected chi connectivity index (χ3v) is 3.61. The summed E-state index contributed by atoms with van der Waals surface area (Å²) in [6, 6.07) is -0.184. The maximum atomic E-state index is 12.2. The Morgan fingerprint density at radius 1 is 1.45 bits per heavy atom. The molecule has 2 amide bonds. The largest absolute Gasteiger partial charge is 0.481 e. The van der Waals surface area contributed by atoms with Gasteiger partial charge < -0.3 is 15.3 Å². The van der Waals surface area contributed by atoms with E-state index in [1.54, 1.807) is 15.8 Å². The number of carbonyl (C=O) groups is 2. The van der Waals surface area contributed by atoms with Gasteiger partial charge in [0.05, 0.1) is 17.3 Å². The summed E-state index contributed by atoms with van der Waals surface area (Å²) in [5.74, 6) is -1.10. The number of carboxylic acids is 1. The van der Waals surface area contributed by atoms with Crippen LogP contribution in [0.15, 0.2) is 6.20 Å². The Kier molecular flexibility index (Phi) is 4.26. The molecule has 2 N–H and O–H groups in total. The van der Waals surface area contributed by atoms with Crippen LogP contribution in [0.3, 0.4) is 0 Å². The van der Waals surface area contributed by atoms with Gasteiger partial charge in [0.25, 0.3) is 0 Å². The number of hydrogen-bond acceptors (Lipinski definition) is 3. The summed E-state index contributed by atoms with van der Waals surface area (Å²) in [5, 5.41) is 16.1. The number of aryl methyl sites for hydroxylation is 2. The van der Waals surface area contributed by atoms with Crippen molar-refractivity contribution in [3.63, 3.8) is 0 Å². The Labute approximate surface area is 117 Å². The fourth-order valence-corrected chi connectivity index (χ4v) is 2.42. The van der Waals surface area contributed by atoms with E-state index in [1.807, 2.05) is 14.0 Å². The lowest BCUT2D eigenvalue weighted by atomic mass is 9.97.